The topological polar surface area (TPSA) is 277 Å². The van der Waals surface area contributed by atoms with E-state index in [9.17, 15) is 46.8 Å². The number of esters is 4. The zero-order valence-corrected chi connectivity index (χ0v) is 29.7. The highest BCUT2D eigenvalue weighted by Crippen LogP contribution is 2.20. The number of piperidine rings is 1. The van der Waals surface area contributed by atoms with Crippen molar-refractivity contribution >= 4 is 57.5 Å². The molecule has 2 aromatic rings. The number of cyclic esters (lactones) is 4. The monoisotopic (exact) mass is 777 g/mol. The first kappa shape index (κ1) is 40.9. The van der Waals surface area contributed by atoms with Crippen LogP contribution in [0.2, 0.25) is 0 Å². The molecule has 1 aromatic carbocycles. The van der Waals surface area contributed by atoms with Crippen LogP contribution in [-0.2, 0) is 80.3 Å². The van der Waals surface area contributed by atoms with E-state index in [-0.39, 0.29) is 17.9 Å². The van der Waals surface area contributed by atoms with Crippen molar-refractivity contribution in [1.29, 1.82) is 0 Å². The Kier molecular flexibility index (Phi) is 15.0. The molecular weight excluding hydrogens is 738 g/mol. The largest absolute Gasteiger partial charge is 0.454 e. The van der Waals surface area contributed by atoms with Crippen LogP contribution in [0.1, 0.15) is 30.4 Å². The Labute approximate surface area is 308 Å². The number of nitrogens with one attached hydrogen (secondary N) is 4. The molecule has 2 aliphatic heterocycles. The predicted molar refractivity (Wildman–Crippen MR) is 179 cm³/mol. The summed E-state index contributed by atoms with van der Waals surface area (Å²) in [6.45, 7) is -4.28. The van der Waals surface area contributed by atoms with Gasteiger partial charge in [-0.3, -0.25) is 38.2 Å². The second kappa shape index (κ2) is 19.8. The summed E-state index contributed by atoms with van der Waals surface area (Å²) < 4.78 is 48.1. The number of sulfonamides is 1. The summed E-state index contributed by atoms with van der Waals surface area (Å²) in [5.74, 6) is -7.78. The molecule has 2 fully saturated rings. The number of rotatable bonds is 6. The Bertz CT molecular complexity index is 1820. The lowest BCUT2D eigenvalue weighted by molar-refractivity contribution is -0.154. The molecule has 2 aliphatic rings. The van der Waals surface area contributed by atoms with Gasteiger partial charge in [-0.05, 0) is 24.0 Å². The van der Waals surface area contributed by atoms with Crippen LogP contribution in [-0.4, -0.2) is 135 Å². The van der Waals surface area contributed by atoms with Gasteiger partial charge < -0.3 is 40.2 Å². The van der Waals surface area contributed by atoms with Crippen LogP contribution >= 0.6 is 0 Å². The molecule has 0 saturated carbocycles. The van der Waals surface area contributed by atoms with E-state index in [0.717, 1.165) is 24.8 Å². The van der Waals surface area contributed by atoms with E-state index in [1.165, 1.54) is 21.4 Å². The molecule has 3 heterocycles. The van der Waals surface area contributed by atoms with E-state index < -0.39 is 110 Å². The predicted octanol–water partition coefficient (Wildman–Crippen LogP) is -3.33. The zero-order valence-electron chi connectivity index (χ0n) is 28.9. The van der Waals surface area contributed by atoms with E-state index in [1.807, 2.05) is 0 Å². The second-order valence-corrected chi connectivity index (χ2v) is 13.8. The average Bonchev–Trinajstić information content (AvgIpc) is 3.64. The molecule has 54 heavy (non-hydrogen) atoms. The number of hydrogen-bond donors (Lipinski definition) is 4. The summed E-state index contributed by atoms with van der Waals surface area (Å²) in [5.41, 5.74) is 1.26. The molecule has 21 nitrogen and oxygen atoms in total. The minimum absolute atomic E-state index is 0.0919. The molecule has 22 heteroatoms. The van der Waals surface area contributed by atoms with Crippen LogP contribution in [0, 0.1) is 0 Å². The number of carbonyl (C=O) groups excluding carboxylic acids is 8. The van der Waals surface area contributed by atoms with Gasteiger partial charge in [-0.1, -0.05) is 30.7 Å². The number of amides is 4. The van der Waals surface area contributed by atoms with Gasteiger partial charge in [0.1, 0.15) is 30.6 Å². The fourth-order valence-electron chi connectivity index (χ4n) is 4.95. The first-order valence-electron chi connectivity index (χ1n) is 16.6. The minimum atomic E-state index is -3.66. The fourth-order valence-corrected chi connectivity index (χ4v) is 6.42. The zero-order chi connectivity index (χ0) is 39.1. The lowest BCUT2D eigenvalue weighted by Crippen LogP contribution is -2.46. The third kappa shape index (κ3) is 13.3. The summed E-state index contributed by atoms with van der Waals surface area (Å²) in [6.07, 6.45) is 5.19. The van der Waals surface area contributed by atoms with Gasteiger partial charge in [-0.25, -0.2) is 13.2 Å². The maximum atomic E-state index is 13.0. The lowest BCUT2D eigenvalue weighted by Gasteiger charge is -2.25. The maximum absolute atomic E-state index is 13.0. The van der Waals surface area contributed by atoms with Gasteiger partial charge in [0.15, 0.2) is 26.4 Å². The minimum Gasteiger partial charge on any atom is -0.454 e. The van der Waals surface area contributed by atoms with Gasteiger partial charge in [0.2, 0.25) is 10.0 Å². The van der Waals surface area contributed by atoms with Crippen LogP contribution in [0.5, 0.6) is 0 Å². The average molecular weight is 778 g/mol. The highest BCUT2D eigenvalue weighted by atomic mass is 32.2. The molecular formula is C32H39N7O14S. The molecule has 0 spiro atoms. The van der Waals surface area contributed by atoms with E-state index in [1.54, 1.807) is 24.3 Å². The Morgan fingerprint density at radius 2 is 1.13 bits per heavy atom. The van der Waals surface area contributed by atoms with Crippen LogP contribution in [0.4, 0.5) is 0 Å². The first-order chi connectivity index (χ1) is 25.8. The summed E-state index contributed by atoms with van der Waals surface area (Å²) in [7, 11) is -3.66. The van der Waals surface area contributed by atoms with E-state index in [0.29, 0.717) is 18.7 Å². The van der Waals surface area contributed by atoms with Crippen molar-refractivity contribution in [3.8, 4) is 0 Å². The van der Waals surface area contributed by atoms with Crippen LogP contribution < -0.4 is 21.3 Å². The quantitative estimate of drug-likeness (QED) is 0.165. The van der Waals surface area contributed by atoms with E-state index in [4.69, 9.17) is 9.47 Å². The third-order valence-corrected chi connectivity index (χ3v) is 9.57. The molecule has 292 valence electrons. The van der Waals surface area contributed by atoms with E-state index >= 15 is 0 Å². The maximum Gasteiger partial charge on any atom is 0.329 e. The molecule has 0 bridgehead atoms. The standard InChI is InChI=1S/C32H39N7O14S/c40-25-17-51-30(45)13-35-27(42)19-53-32(47)24(37-28(43)20-52-31(46)14-34-26(41)18-50-29(44)12-33-25)10-21-4-6-22(7-5-21)15-38-16-23(11-36-38)54(48,49)39-8-2-1-3-9-39/h4-7,11,16,24H,1-3,8-10,12-15,17-20H2,(H,33,40)(H,34,41)(H,35,42)(H,37,43). The fraction of sp³-hybridized carbons (Fsp3) is 0.469. The lowest BCUT2D eigenvalue weighted by atomic mass is 10.0. The summed E-state index contributed by atoms with van der Waals surface area (Å²) >= 11 is 0. The second-order valence-electron chi connectivity index (χ2n) is 11.9. The van der Waals surface area contributed by atoms with Gasteiger partial charge in [-0.2, -0.15) is 9.40 Å². The molecule has 0 aliphatic carbocycles. The first-order valence-corrected chi connectivity index (χ1v) is 18.1. The molecule has 2 saturated heterocycles. The van der Waals surface area contributed by atoms with Gasteiger partial charge >= 0.3 is 23.9 Å². The van der Waals surface area contributed by atoms with Gasteiger partial charge in [-0.15, -0.1) is 0 Å². The molecule has 1 atom stereocenters. The van der Waals surface area contributed by atoms with Crippen molar-refractivity contribution in [3.05, 3.63) is 47.8 Å². The summed E-state index contributed by atoms with van der Waals surface area (Å²) in [5, 5.41) is 12.9. The van der Waals surface area contributed by atoms with Crippen molar-refractivity contribution in [3.63, 3.8) is 0 Å². The molecule has 1 unspecified atom stereocenters. The highest BCUT2D eigenvalue weighted by molar-refractivity contribution is 7.89. The van der Waals surface area contributed by atoms with Crippen molar-refractivity contribution in [2.24, 2.45) is 0 Å². The van der Waals surface area contributed by atoms with Crippen molar-refractivity contribution in [1.82, 2.24) is 35.4 Å². The van der Waals surface area contributed by atoms with Crippen molar-refractivity contribution < 1.29 is 65.7 Å². The van der Waals surface area contributed by atoms with Crippen LogP contribution in [0.25, 0.3) is 0 Å². The number of hydrogen-bond acceptors (Lipinski definition) is 15. The van der Waals surface area contributed by atoms with Gasteiger partial charge in [0, 0.05) is 25.7 Å². The van der Waals surface area contributed by atoms with Crippen LogP contribution in [0.15, 0.2) is 41.6 Å². The SMILES string of the molecule is O=C1COC(=O)CNC(=O)COC(=O)C(Cc2ccc(Cn3cc(S(=O)(=O)N4CCCCC4)cn3)cc2)NC(=O)COC(=O)CNC(=O)COC(=O)CN1. The van der Waals surface area contributed by atoms with Crippen molar-refractivity contribution in [2.45, 2.75) is 43.2 Å². The number of carbonyl (C=O) groups is 8. The molecule has 4 N–H and O–H groups in total. The molecule has 0 radical (unpaired) electrons. The third-order valence-electron chi connectivity index (χ3n) is 7.72. The number of ether oxygens (including phenoxy) is 4. The molecule has 1 aromatic heterocycles. The summed E-state index contributed by atoms with van der Waals surface area (Å²) in [4.78, 5) is 97.5. The normalized spacial score (nSPS) is 20.1. The molecule has 4 amide bonds. The summed E-state index contributed by atoms with van der Waals surface area (Å²) in [6, 6.07) is 5.31. The number of aromatic nitrogens is 2. The van der Waals surface area contributed by atoms with Gasteiger partial charge in [0.25, 0.3) is 23.6 Å². The van der Waals surface area contributed by atoms with E-state index in [2.05, 4.69) is 35.8 Å². The Balaban J connectivity index is 1.39. The smallest absolute Gasteiger partial charge is 0.329 e. The number of nitrogens with zero attached hydrogens (tertiary/aromatic N) is 3. The van der Waals surface area contributed by atoms with Gasteiger partial charge in [0.05, 0.1) is 12.7 Å². The highest BCUT2D eigenvalue weighted by Gasteiger charge is 2.28. The Morgan fingerprint density at radius 1 is 0.648 bits per heavy atom. The molecule has 4 rings (SSSR count). The van der Waals surface area contributed by atoms with Crippen LogP contribution in [0.3, 0.4) is 0 Å². The van der Waals surface area contributed by atoms with Crippen molar-refractivity contribution in [2.75, 3.05) is 59.2 Å². The Morgan fingerprint density at radius 3 is 1.67 bits per heavy atom. The Hall–Kier alpha value is -5.90. The number of benzene rings is 1.